The van der Waals surface area contributed by atoms with E-state index in [0.29, 0.717) is 0 Å². The predicted octanol–water partition coefficient (Wildman–Crippen LogP) is 2.91. The number of methoxy groups -OCH3 is 1. The lowest BCUT2D eigenvalue weighted by Crippen LogP contribution is -2.09. The molecule has 0 saturated heterocycles. The number of nitrogens with one attached hydrogen (secondary N) is 1. The van der Waals surface area contributed by atoms with Crippen molar-refractivity contribution >= 4 is 21.6 Å². The van der Waals surface area contributed by atoms with Gasteiger partial charge < -0.3 is 14.8 Å². The molecule has 1 aromatic carbocycles. The van der Waals surface area contributed by atoms with Crippen molar-refractivity contribution in [1.82, 2.24) is 0 Å². The highest BCUT2D eigenvalue weighted by Gasteiger charge is 2.00. The maximum absolute atomic E-state index is 5.23. The monoisotopic (exact) mass is 273 g/mol. The van der Waals surface area contributed by atoms with Crippen molar-refractivity contribution in [3.8, 4) is 5.75 Å². The zero-order valence-corrected chi connectivity index (χ0v) is 10.6. The molecule has 84 valence electrons. The Morgan fingerprint density at radius 3 is 2.87 bits per heavy atom. The molecule has 0 fully saturated rings. The summed E-state index contributed by atoms with van der Waals surface area (Å²) in [6, 6.07) is 5.91. The Bertz CT molecular complexity index is 305. The smallest absolute Gasteiger partial charge is 0.135 e. The number of halogens is 1. The second-order valence-electron chi connectivity index (χ2n) is 2.97. The number of hydrogen-bond acceptors (Lipinski definition) is 3. The average Bonchev–Trinajstić information content (AvgIpc) is 2.26. The molecular formula is C11H16BrNO2. The fourth-order valence-corrected chi connectivity index (χ4v) is 1.59. The van der Waals surface area contributed by atoms with E-state index in [1.807, 2.05) is 25.1 Å². The molecule has 0 radical (unpaired) electrons. The Morgan fingerprint density at radius 1 is 1.40 bits per heavy atom. The van der Waals surface area contributed by atoms with E-state index in [2.05, 4.69) is 21.2 Å². The molecule has 0 heterocycles. The Hall–Kier alpha value is -0.740. The van der Waals surface area contributed by atoms with Gasteiger partial charge in [0.25, 0.3) is 0 Å². The molecule has 0 aromatic heterocycles. The fourth-order valence-electron chi connectivity index (χ4n) is 1.18. The standard InChI is InChI=1S/C11H16BrNO2/c1-3-15-7-6-13-9-4-5-10(12)11(8-9)14-2/h4-5,8,13H,3,6-7H2,1-2H3. The maximum Gasteiger partial charge on any atom is 0.135 e. The highest BCUT2D eigenvalue weighted by atomic mass is 79.9. The molecule has 4 heteroatoms. The lowest BCUT2D eigenvalue weighted by Gasteiger charge is -2.09. The molecule has 0 aliphatic carbocycles. The van der Waals surface area contributed by atoms with Gasteiger partial charge >= 0.3 is 0 Å². The highest BCUT2D eigenvalue weighted by molar-refractivity contribution is 9.10. The highest BCUT2D eigenvalue weighted by Crippen LogP contribution is 2.27. The Kier molecular flexibility index (Phi) is 5.50. The van der Waals surface area contributed by atoms with Gasteiger partial charge in [-0.3, -0.25) is 0 Å². The van der Waals surface area contributed by atoms with Crippen LogP contribution in [-0.4, -0.2) is 26.9 Å². The summed E-state index contributed by atoms with van der Waals surface area (Å²) < 4.78 is 11.4. The van der Waals surface area contributed by atoms with Crippen LogP contribution in [0.15, 0.2) is 22.7 Å². The van der Waals surface area contributed by atoms with Crippen LogP contribution < -0.4 is 10.1 Å². The van der Waals surface area contributed by atoms with Crippen molar-refractivity contribution in [2.75, 3.05) is 32.2 Å². The quantitative estimate of drug-likeness (QED) is 0.809. The molecule has 0 aliphatic heterocycles. The van der Waals surface area contributed by atoms with Crippen molar-refractivity contribution in [3.63, 3.8) is 0 Å². The van der Waals surface area contributed by atoms with E-state index in [0.717, 1.165) is 35.7 Å². The van der Waals surface area contributed by atoms with Crippen molar-refractivity contribution in [2.24, 2.45) is 0 Å². The van der Waals surface area contributed by atoms with Crippen molar-refractivity contribution in [3.05, 3.63) is 22.7 Å². The van der Waals surface area contributed by atoms with Crippen LogP contribution in [0.2, 0.25) is 0 Å². The Balaban J connectivity index is 2.47. The largest absolute Gasteiger partial charge is 0.495 e. The first-order valence-electron chi connectivity index (χ1n) is 4.93. The third kappa shape index (κ3) is 4.10. The SMILES string of the molecule is CCOCCNc1ccc(Br)c(OC)c1. The first-order chi connectivity index (χ1) is 7.27. The number of rotatable bonds is 6. The lowest BCUT2D eigenvalue weighted by molar-refractivity contribution is 0.158. The normalized spacial score (nSPS) is 10.1. The van der Waals surface area contributed by atoms with E-state index in [9.17, 15) is 0 Å². The van der Waals surface area contributed by atoms with Crippen LogP contribution >= 0.6 is 15.9 Å². The first-order valence-corrected chi connectivity index (χ1v) is 5.72. The minimum atomic E-state index is 0.717. The third-order valence-corrected chi connectivity index (χ3v) is 2.59. The van der Waals surface area contributed by atoms with Gasteiger partial charge in [-0.05, 0) is 35.0 Å². The molecular weight excluding hydrogens is 258 g/mol. The minimum absolute atomic E-state index is 0.717. The third-order valence-electron chi connectivity index (χ3n) is 1.93. The van der Waals surface area contributed by atoms with E-state index in [1.165, 1.54) is 0 Å². The van der Waals surface area contributed by atoms with Crippen molar-refractivity contribution in [1.29, 1.82) is 0 Å². The number of ether oxygens (including phenoxy) is 2. The summed E-state index contributed by atoms with van der Waals surface area (Å²) in [5.74, 6) is 0.830. The number of anilines is 1. The molecule has 0 spiro atoms. The molecule has 3 nitrogen and oxygen atoms in total. The molecule has 0 bridgehead atoms. The van der Waals surface area contributed by atoms with Crippen molar-refractivity contribution in [2.45, 2.75) is 6.92 Å². The van der Waals surface area contributed by atoms with E-state index in [4.69, 9.17) is 9.47 Å². The summed E-state index contributed by atoms with van der Waals surface area (Å²) in [6.45, 7) is 4.27. The minimum Gasteiger partial charge on any atom is -0.495 e. The molecule has 0 amide bonds. The van der Waals surface area contributed by atoms with Crippen LogP contribution in [0.5, 0.6) is 5.75 Å². The molecule has 15 heavy (non-hydrogen) atoms. The van der Waals surface area contributed by atoms with Crippen LogP contribution in [-0.2, 0) is 4.74 Å². The maximum atomic E-state index is 5.23. The molecule has 0 saturated carbocycles. The van der Waals surface area contributed by atoms with Gasteiger partial charge in [-0.25, -0.2) is 0 Å². The predicted molar refractivity (Wildman–Crippen MR) is 65.7 cm³/mol. The van der Waals surface area contributed by atoms with Gasteiger partial charge in [0.1, 0.15) is 5.75 Å². The molecule has 1 rings (SSSR count). The van der Waals surface area contributed by atoms with Crippen molar-refractivity contribution < 1.29 is 9.47 Å². The number of hydrogen-bond donors (Lipinski definition) is 1. The second kappa shape index (κ2) is 6.69. The summed E-state index contributed by atoms with van der Waals surface area (Å²) in [5.41, 5.74) is 1.04. The summed E-state index contributed by atoms with van der Waals surface area (Å²) in [4.78, 5) is 0. The van der Waals surface area contributed by atoms with Crippen LogP contribution in [0.3, 0.4) is 0 Å². The summed E-state index contributed by atoms with van der Waals surface area (Å²) in [5, 5.41) is 3.26. The van der Waals surface area contributed by atoms with E-state index >= 15 is 0 Å². The van der Waals surface area contributed by atoms with Crippen LogP contribution in [0.1, 0.15) is 6.92 Å². The second-order valence-corrected chi connectivity index (χ2v) is 3.83. The van der Waals surface area contributed by atoms with E-state index < -0.39 is 0 Å². The van der Waals surface area contributed by atoms with E-state index in [-0.39, 0.29) is 0 Å². The molecule has 1 aromatic rings. The van der Waals surface area contributed by atoms with Crippen LogP contribution in [0, 0.1) is 0 Å². The van der Waals surface area contributed by atoms with Gasteiger partial charge in [0.15, 0.2) is 0 Å². The Morgan fingerprint density at radius 2 is 2.20 bits per heavy atom. The Labute approximate surface area is 98.9 Å². The molecule has 0 unspecified atom stereocenters. The van der Waals surface area contributed by atoms with E-state index in [1.54, 1.807) is 7.11 Å². The lowest BCUT2D eigenvalue weighted by atomic mass is 10.3. The first kappa shape index (κ1) is 12.3. The van der Waals surface area contributed by atoms with Gasteiger partial charge in [0, 0.05) is 24.9 Å². The van der Waals surface area contributed by atoms with Gasteiger partial charge in [0.05, 0.1) is 18.2 Å². The number of benzene rings is 1. The van der Waals surface area contributed by atoms with Gasteiger partial charge in [-0.15, -0.1) is 0 Å². The fraction of sp³-hybridized carbons (Fsp3) is 0.455. The summed E-state index contributed by atoms with van der Waals surface area (Å²) in [6.07, 6.45) is 0. The molecule has 1 N–H and O–H groups in total. The van der Waals surface area contributed by atoms with Gasteiger partial charge in [-0.2, -0.15) is 0 Å². The zero-order chi connectivity index (χ0) is 11.1. The summed E-state index contributed by atoms with van der Waals surface area (Å²) in [7, 11) is 1.66. The molecule has 0 aliphatic rings. The topological polar surface area (TPSA) is 30.5 Å². The van der Waals surface area contributed by atoms with Crippen LogP contribution in [0.25, 0.3) is 0 Å². The summed E-state index contributed by atoms with van der Waals surface area (Å²) >= 11 is 3.41. The van der Waals surface area contributed by atoms with Gasteiger partial charge in [-0.1, -0.05) is 0 Å². The van der Waals surface area contributed by atoms with Gasteiger partial charge in [0.2, 0.25) is 0 Å². The molecule has 0 atom stereocenters. The average molecular weight is 274 g/mol. The van der Waals surface area contributed by atoms with Crippen LogP contribution in [0.4, 0.5) is 5.69 Å². The zero-order valence-electron chi connectivity index (χ0n) is 9.05.